The maximum atomic E-state index is 4.31. The van der Waals surface area contributed by atoms with Crippen LogP contribution in [0.1, 0.15) is 25.0 Å². The number of hydrogen-bond acceptors (Lipinski definition) is 3. The third-order valence-corrected chi connectivity index (χ3v) is 3.50. The van der Waals surface area contributed by atoms with Gasteiger partial charge in [-0.25, -0.2) is 0 Å². The van der Waals surface area contributed by atoms with Crippen LogP contribution in [0, 0.1) is 5.41 Å². The summed E-state index contributed by atoms with van der Waals surface area (Å²) in [5.41, 5.74) is 1.63. The third-order valence-electron chi connectivity index (χ3n) is 3.50. The van der Waals surface area contributed by atoms with Gasteiger partial charge in [0, 0.05) is 25.8 Å². The summed E-state index contributed by atoms with van der Waals surface area (Å²) in [5, 5.41) is 6.83. The molecule has 1 aromatic heterocycles. The maximum absolute atomic E-state index is 4.31. The third kappa shape index (κ3) is 2.80. The highest BCUT2D eigenvalue weighted by molar-refractivity contribution is 5.03. The summed E-state index contributed by atoms with van der Waals surface area (Å²) in [5.74, 6) is 0. The molecule has 3 nitrogen and oxygen atoms in total. The van der Waals surface area contributed by atoms with Crippen molar-refractivity contribution in [1.82, 2.24) is 15.6 Å². The quantitative estimate of drug-likeness (QED) is 0.762. The molecule has 1 fully saturated rings. The Morgan fingerprint density at radius 2 is 2.19 bits per heavy atom. The van der Waals surface area contributed by atoms with E-state index in [1.54, 1.807) is 0 Å². The lowest BCUT2D eigenvalue weighted by atomic mass is 9.68. The van der Waals surface area contributed by atoms with Crippen molar-refractivity contribution in [3.05, 3.63) is 30.1 Å². The molecule has 0 bridgehead atoms. The van der Waals surface area contributed by atoms with E-state index in [0.717, 1.165) is 25.3 Å². The number of nitrogens with one attached hydrogen (secondary N) is 2. The Morgan fingerprint density at radius 3 is 2.75 bits per heavy atom. The Bertz CT molecular complexity index is 306. The highest BCUT2D eigenvalue weighted by Crippen LogP contribution is 2.39. The molecular weight excluding hydrogens is 198 g/mol. The van der Waals surface area contributed by atoms with Gasteiger partial charge in [-0.05, 0) is 37.4 Å². The Morgan fingerprint density at radius 1 is 1.31 bits per heavy atom. The van der Waals surface area contributed by atoms with Gasteiger partial charge < -0.3 is 10.6 Å². The summed E-state index contributed by atoms with van der Waals surface area (Å²) in [6, 6.07) is 6.06. The molecule has 1 heterocycles. The van der Waals surface area contributed by atoms with Crippen molar-refractivity contribution in [1.29, 1.82) is 0 Å². The molecule has 0 aliphatic heterocycles. The summed E-state index contributed by atoms with van der Waals surface area (Å²) in [4.78, 5) is 4.31. The Labute approximate surface area is 97.7 Å². The molecule has 0 atom stereocenters. The number of nitrogens with zero attached hydrogens (tertiary/aromatic N) is 1. The van der Waals surface area contributed by atoms with Crippen LogP contribution in [0.3, 0.4) is 0 Å². The van der Waals surface area contributed by atoms with E-state index in [-0.39, 0.29) is 0 Å². The first-order valence-electron chi connectivity index (χ1n) is 6.10. The summed E-state index contributed by atoms with van der Waals surface area (Å²) in [6.07, 6.45) is 5.93. The summed E-state index contributed by atoms with van der Waals surface area (Å²) in [7, 11) is 2.04. The number of rotatable bonds is 6. The van der Waals surface area contributed by atoms with Crippen molar-refractivity contribution < 1.29 is 0 Å². The number of pyridine rings is 1. The van der Waals surface area contributed by atoms with Crippen molar-refractivity contribution in [2.45, 2.75) is 25.8 Å². The van der Waals surface area contributed by atoms with Crippen LogP contribution in [-0.2, 0) is 6.54 Å². The Hall–Kier alpha value is -0.930. The molecule has 3 heteroatoms. The van der Waals surface area contributed by atoms with E-state index in [0.29, 0.717) is 5.41 Å². The molecule has 0 radical (unpaired) electrons. The molecule has 16 heavy (non-hydrogen) atoms. The first kappa shape index (κ1) is 11.6. The fourth-order valence-electron chi connectivity index (χ4n) is 2.43. The van der Waals surface area contributed by atoms with E-state index in [9.17, 15) is 0 Å². The molecule has 0 saturated heterocycles. The molecule has 88 valence electrons. The summed E-state index contributed by atoms with van der Waals surface area (Å²) < 4.78 is 0. The van der Waals surface area contributed by atoms with Crippen LogP contribution in [-0.4, -0.2) is 25.1 Å². The number of hydrogen-bond donors (Lipinski definition) is 2. The van der Waals surface area contributed by atoms with Gasteiger partial charge in [-0.1, -0.05) is 12.5 Å². The zero-order chi connectivity index (χ0) is 11.3. The van der Waals surface area contributed by atoms with Gasteiger partial charge in [-0.2, -0.15) is 0 Å². The predicted molar refractivity (Wildman–Crippen MR) is 66.2 cm³/mol. The molecule has 0 spiro atoms. The van der Waals surface area contributed by atoms with Crippen molar-refractivity contribution in [3.63, 3.8) is 0 Å². The van der Waals surface area contributed by atoms with Gasteiger partial charge in [0.15, 0.2) is 0 Å². The molecule has 2 N–H and O–H groups in total. The molecule has 0 amide bonds. The Kier molecular flexibility index (Phi) is 3.91. The molecule has 1 saturated carbocycles. The van der Waals surface area contributed by atoms with Crippen LogP contribution in [0.15, 0.2) is 24.4 Å². The van der Waals surface area contributed by atoms with Crippen LogP contribution in [0.2, 0.25) is 0 Å². The van der Waals surface area contributed by atoms with E-state index in [1.165, 1.54) is 19.3 Å². The van der Waals surface area contributed by atoms with E-state index >= 15 is 0 Å². The lowest BCUT2D eigenvalue weighted by Crippen LogP contribution is -2.46. The van der Waals surface area contributed by atoms with Crippen LogP contribution in [0.4, 0.5) is 0 Å². The van der Waals surface area contributed by atoms with E-state index in [2.05, 4.69) is 21.7 Å². The standard InChI is InChI=1S/C13H21N3/c1-14-10-13(6-4-7-13)11-15-9-12-5-2-3-8-16-12/h2-3,5,8,14-15H,4,6-7,9-11H2,1H3. The molecule has 0 unspecified atom stereocenters. The SMILES string of the molecule is CNCC1(CNCc2ccccn2)CCC1. The topological polar surface area (TPSA) is 37.0 Å². The second-order valence-electron chi connectivity index (χ2n) is 4.81. The maximum Gasteiger partial charge on any atom is 0.0541 e. The normalized spacial score (nSPS) is 18.1. The van der Waals surface area contributed by atoms with Crippen molar-refractivity contribution in [3.8, 4) is 0 Å². The van der Waals surface area contributed by atoms with Crippen LogP contribution < -0.4 is 10.6 Å². The van der Waals surface area contributed by atoms with Gasteiger partial charge in [-0.3, -0.25) is 4.98 Å². The molecule has 0 aromatic carbocycles. The fraction of sp³-hybridized carbons (Fsp3) is 0.615. The lowest BCUT2D eigenvalue weighted by molar-refractivity contribution is 0.130. The van der Waals surface area contributed by atoms with Gasteiger partial charge in [0.05, 0.1) is 5.69 Å². The Balaban J connectivity index is 1.75. The lowest BCUT2D eigenvalue weighted by Gasteiger charge is -2.42. The van der Waals surface area contributed by atoms with E-state index in [1.807, 2.05) is 25.4 Å². The molecule has 1 aromatic rings. The minimum absolute atomic E-state index is 0.504. The highest BCUT2D eigenvalue weighted by atomic mass is 14.9. The largest absolute Gasteiger partial charge is 0.319 e. The zero-order valence-electron chi connectivity index (χ0n) is 10.00. The van der Waals surface area contributed by atoms with E-state index < -0.39 is 0 Å². The first-order chi connectivity index (χ1) is 7.85. The molecular formula is C13H21N3. The second-order valence-corrected chi connectivity index (χ2v) is 4.81. The summed E-state index contributed by atoms with van der Waals surface area (Å²) in [6.45, 7) is 3.11. The van der Waals surface area contributed by atoms with Gasteiger partial charge in [-0.15, -0.1) is 0 Å². The van der Waals surface area contributed by atoms with Gasteiger partial charge >= 0.3 is 0 Å². The monoisotopic (exact) mass is 219 g/mol. The minimum Gasteiger partial charge on any atom is -0.319 e. The van der Waals surface area contributed by atoms with Crippen molar-refractivity contribution in [2.24, 2.45) is 5.41 Å². The number of aromatic nitrogens is 1. The predicted octanol–water partition coefficient (Wildman–Crippen LogP) is 1.56. The average molecular weight is 219 g/mol. The van der Waals surface area contributed by atoms with Gasteiger partial charge in [0.2, 0.25) is 0 Å². The summed E-state index contributed by atoms with van der Waals surface area (Å²) >= 11 is 0. The van der Waals surface area contributed by atoms with Gasteiger partial charge in [0.25, 0.3) is 0 Å². The fourth-order valence-corrected chi connectivity index (χ4v) is 2.43. The average Bonchev–Trinajstić information content (AvgIpc) is 2.27. The minimum atomic E-state index is 0.504. The van der Waals surface area contributed by atoms with Gasteiger partial charge in [0.1, 0.15) is 0 Å². The zero-order valence-corrected chi connectivity index (χ0v) is 10.00. The van der Waals surface area contributed by atoms with Crippen LogP contribution in [0.5, 0.6) is 0 Å². The van der Waals surface area contributed by atoms with E-state index in [4.69, 9.17) is 0 Å². The highest BCUT2D eigenvalue weighted by Gasteiger charge is 2.35. The van der Waals surface area contributed by atoms with Crippen LogP contribution >= 0.6 is 0 Å². The smallest absolute Gasteiger partial charge is 0.0541 e. The van der Waals surface area contributed by atoms with Crippen molar-refractivity contribution in [2.75, 3.05) is 20.1 Å². The molecule has 1 aliphatic rings. The van der Waals surface area contributed by atoms with Crippen LogP contribution in [0.25, 0.3) is 0 Å². The van der Waals surface area contributed by atoms with Crippen molar-refractivity contribution >= 4 is 0 Å². The second kappa shape index (κ2) is 5.41. The molecule has 2 rings (SSSR count). The first-order valence-corrected chi connectivity index (χ1v) is 6.10. The molecule has 1 aliphatic carbocycles.